The molecule has 0 saturated carbocycles. The van der Waals surface area contributed by atoms with E-state index in [0.29, 0.717) is 6.42 Å². The molecule has 0 aliphatic rings. The summed E-state index contributed by atoms with van der Waals surface area (Å²) < 4.78 is -0.583. The number of carbonyl (C=O) groups is 1. The van der Waals surface area contributed by atoms with Crippen LogP contribution < -0.4 is 0 Å². The summed E-state index contributed by atoms with van der Waals surface area (Å²) in [6.45, 7) is 3.62. The Balaban J connectivity index is 4.09. The van der Waals surface area contributed by atoms with E-state index in [9.17, 15) is 4.79 Å². The lowest BCUT2D eigenvalue weighted by atomic mass is 10.1. The summed E-state index contributed by atoms with van der Waals surface area (Å²) in [7, 11) is 0. The van der Waals surface area contributed by atoms with E-state index >= 15 is 0 Å². The third-order valence-corrected chi connectivity index (χ3v) is 2.94. The molecule has 0 aromatic carbocycles. The summed E-state index contributed by atoms with van der Waals surface area (Å²) in [5, 5.41) is 8.61. The standard InChI is InChI=1S/C6H12O2S/c1-4-6(2,9-3)5(7)8/h4H2,1-3H3,(H,7,8)/t6-/m0/s1. The van der Waals surface area contributed by atoms with Crippen LogP contribution in [0.2, 0.25) is 0 Å². The Labute approximate surface area is 59.6 Å². The van der Waals surface area contributed by atoms with Gasteiger partial charge in [-0.1, -0.05) is 6.92 Å². The molecule has 0 spiro atoms. The van der Waals surface area contributed by atoms with Gasteiger partial charge in [0, 0.05) is 0 Å². The number of rotatable bonds is 3. The molecule has 0 aromatic heterocycles. The van der Waals surface area contributed by atoms with Crippen LogP contribution in [0.3, 0.4) is 0 Å². The van der Waals surface area contributed by atoms with E-state index in [-0.39, 0.29) is 0 Å². The molecule has 9 heavy (non-hydrogen) atoms. The van der Waals surface area contributed by atoms with Gasteiger partial charge in [0.1, 0.15) is 4.75 Å². The number of carboxylic acid groups (broad SMARTS) is 1. The van der Waals surface area contributed by atoms with Gasteiger partial charge in [0.25, 0.3) is 0 Å². The average Bonchev–Trinajstić information content (AvgIpc) is 1.86. The van der Waals surface area contributed by atoms with Gasteiger partial charge in [-0.15, -0.1) is 11.8 Å². The van der Waals surface area contributed by atoms with Gasteiger partial charge < -0.3 is 5.11 Å². The van der Waals surface area contributed by atoms with Crippen LogP contribution in [-0.4, -0.2) is 22.1 Å². The van der Waals surface area contributed by atoms with Crippen LogP contribution in [0.15, 0.2) is 0 Å². The van der Waals surface area contributed by atoms with Crippen molar-refractivity contribution >= 4 is 17.7 Å². The summed E-state index contributed by atoms with van der Waals surface area (Å²) >= 11 is 1.38. The SMILES string of the molecule is CC[C@](C)(SC)C(=O)O. The number of aliphatic carboxylic acids is 1. The Morgan fingerprint density at radius 1 is 1.78 bits per heavy atom. The van der Waals surface area contributed by atoms with Crippen LogP contribution in [-0.2, 0) is 4.79 Å². The van der Waals surface area contributed by atoms with Gasteiger partial charge in [-0.2, -0.15) is 0 Å². The van der Waals surface area contributed by atoms with Crippen LogP contribution >= 0.6 is 11.8 Å². The Bertz CT molecular complexity index is 108. The predicted octanol–water partition coefficient (Wildman–Crippen LogP) is 1.60. The summed E-state index contributed by atoms with van der Waals surface area (Å²) in [5.74, 6) is -0.725. The van der Waals surface area contributed by atoms with Gasteiger partial charge in [-0.3, -0.25) is 4.79 Å². The first kappa shape index (κ1) is 8.82. The molecule has 0 aromatic rings. The van der Waals surface area contributed by atoms with Gasteiger partial charge in [-0.25, -0.2) is 0 Å². The lowest BCUT2D eigenvalue weighted by Crippen LogP contribution is -2.29. The first-order chi connectivity index (χ1) is 4.06. The van der Waals surface area contributed by atoms with Crippen LogP contribution in [0.5, 0.6) is 0 Å². The van der Waals surface area contributed by atoms with Gasteiger partial charge in [0.15, 0.2) is 0 Å². The lowest BCUT2D eigenvalue weighted by molar-refractivity contribution is -0.139. The van der Waals surface area contributed by atoms with E-state index in [1.54, 1.807) is 6.92 Å². The topological polar surface area (TPSA) is 37.3 Å². The highest BCUT2D eigenvalue weighted by molar-refractivity contribution is 8.00. The molecule has 0 heterocycles. The van der Waals surface area contributed by atoms with Gasteiger partial charge >= 0.3 is 5.97 Å². The molecule has 0 saturated heterocycles. The molecule has 0 fully saturated rings. The fourth-order valence-electron chi connectivity index (χ4n) is 0.383. The zero-order valence-electron chi connectivity index (χ0n) is 5.97. The smallest absolute Gasteiger partial charge is 0.319 e. The molecule has 0 aliphatic carbocycles. The minimum atomic E-state index is -0.725. The van der Waals surface area contributed by atoms with Crippen LogP contribution in [0.4, 0.5) is 0 Å². The Kier molecular flexibility index (Phi) is 3.04. The van der Waals surface area contributed by atoms with E-state index in [0.717, 1.165) is 0 Å². The van der Waals surface area contributed by atoms with Crippen molar-refractivity contribution in [2.24, 2.45) is 0 Å². The maximum atomic E-state index is 10.5. The molecular weight excluding hydrogens is 136 g/mol. The molecule has 2 nitrogen and oxygen atoms in total. The molecule has 0 rings (SSSR count). The minimum Gasteiger partial charge on any atom is -0.480 e. The molecule has 1 atom stereocenters. The summed E-state index contributed by atoms with van der Waals surface area (Å²) in [4.78, 5) is 10.5. The summed E-state index contributed by atoms with van der Waals surface area (Å²) in [6, 6.07) is 0. The van der Waals surface area contributed by atoms with Gasteiger partial charge in [0.05, 0.1) is 0 Å². The zero-order chi connectivity index (χ0) is 7.49. The monoisotopic (exact) mass is 148 g/mol. The fourth-order valence-corrected chi connectivity index (χ4v) is 0.846. The summed E-state index contributed by atoms with van der Waals surface area (Å²) in [5.41, 5.74) is 0. The minimum absolute atomic E-state index is 0.583. The average molecular weight is 148 g/mol. The second-order valence-electron chi connectivity index (χ2n) is 2.09. The number of hydrogen-bond donors (Lipinski definition) is 1. The second-order valence-corrected chi connectivity index (χ2v) is 3.40. The molecule has 0 amide bonds. The molecule has 0 unspecified atom stereocenters. The zero-order valence-corrected chi connectivity index (χ0v) is 6.79. The highest BCUT2D eigenvalue weighted by Gasteiger charge is 2.29. The number of thioether (sulfide) groups is 1. The molecule has 1 N–H and O–H groups in total. The highest BCUT2D eigenvalue weighted by atomic mass is 32.2. The molecule has 0 bridgehead atoms. The fraction of sp³-hybridized carbons (Fsp3) is 0.833. The Hall–Kier alpha value is -0.180. The molecular formula is C6H12O2S. The molecule has 3 heteroatoms. The predicted molar refractivity (Wildman–Crippen MR) is 39.8 cm³/mol. The maximum absolute atomic E-state index is 10.5. The van der Waals surface area contributed by atoms with Crippen LogP contribution in [0.25, 0.3) is 0 Å². The summed E-state index contributed by atoms with van der Waals surface area (Å²) in [6.07, 6.45) is 2.49. The van der Waals surface area contributed by atoms with Crippen molar-refractivity contribution in [2.75, 3.05) is 6.26 Å². The van der Waals surface area contributed by atoms with Crippen molar-refractivity contribution < 1.29 is 9.90 Å². The maximum Gasteiger partial charge on any atom is 0.319 e. The third-order valence-electron chi connectivity index (χ3n) is 1.58. The molecule has 0 radical (unpaired) electrons. The Morgan fingerprint density at radius 3 is 2.22 bits per heavy atom. The quantitative estimate of drug-likeness (QED) is 0.660. The van der Waals surface area contributed by atoms with Crippen LogP contribution in [0.1, 0.15) is 20.3 Å². The van der Waals surface area contributed by atoms with Crippen molar-refractivity contribution in [1.82, 2.24) is 0 Å². The van der Waals surface area contributed by atoms with E-state index in [4.69, 9.17) is 5.11 Å². The lowest BCUT2D eigenvalue weighted by Gasteiger charge is -2.18. The third kappa shape index (κ3) is 1.90. The van der Waals surface area contributed by atoms with E-state index < -0.39 is 10.7 Å². The number of carboxylic acids is 1. The highest BCUT2D eigenvalue weighted by Crippen LogP contribution is 2.25. The van der Waals surface area contributed by atoms with Crippen LogP contribution in [0, 0.1) is 0 Å². The van der Waals surface area contributed by atoms with E-state index in [2.05, 4.69) is 0 Å². The second kappa shape index (κ2) is 3.11. The Morgan fingerprint density at radius 2 is 2.22 bits per heavy atom. The van der Waals surface area contributed by atoms with E-state index in [1.807, 2.05) is 13.2 Å². The van der Waals surface area contributed by atoms with Crippen molar-refractivity contribution in [2.45, 2.75) is 25.0 Å². The molecule has 54 valence electrons. The molecule has 0 aliphatic heterocycles. The van der Waals surface area contributed by atoms with Gasteiger partial charge in [0.2, 0.25) is 0 Å². The number of hydrogen-bond acceptors (Lipinski definition) is 2. The first-order valence-corrected chi connectivity index (χ1v) is 4.08. The van der Waals surface area contributed by atoms with Crippen molar-refractivity contribution in [1.29, 1.82) is 0 Å². The normalized spacial score (nSPS) is 16.8. The largest absolute Gasteiger partial charge is 0.480 e. The van der Waals surface area contributed by atoms with Crippen molar-refractivity contribution in [3.8, 4) is 0 Å². The van der Waals surface area contributed by atoms with E-state index in [1.165, 1.54) is 11.8 Å². The van der Waals surface area contributed by atoms with Crippen molar-refractivity contribution in [3.63, 3.8) is 0 Å². The van der Waals surface area contributed by atoms with Crippen molar-refractivity contribution in [3.05, 3.63) is 0 Å². The first-order valence-electron chi connectivity index (χ1n) is 2.85. The van der Waals surface area contributed by atoms with Gasteiger partial charge in [-0.05, 0) is 19.6 Å².